The van der Waals surface area contributed by atoms with Crippen molar-refractivity contribution in [3.8, 4) is 0 Å². The second-order valence-corrected chi connectivity index (χ2v) is 5.95. The van der Waals surface area contributed by atoms with Crippen molar-refractivity contribution in [2.24, 2.45) is 17.1 Å². The molecule has 102 valence electrons. The predicted molar refractivity (Wildman–Crippen MR) is 74.3 cm³/mol. The van der Waals surface area contributed by atoms with E-state index in [1.54, 1.807) is 0 Å². The van der Waals surface area contributed by atoms with E-state index in [1.807, 2.05) is 0 Å². The third-order valence-corrected chi connectivity index (χ3v) is 3.65. The molecular formula is C13H27ClN2O. The van der Waals surface area contributed by atoms with Gasteiger partial charge in [-0.3, -0.25) is 4.79 Å². The second-order valence-electron chi connectivity index (χ2n) is 5.95. The van der Waals surface area contributed by atoms with Gasteiger partial charge in [0.1, 0.15) is 0 Å². The summed E-state index contributed by atoms with van der Waals surface area (Å²) in [6.45, 7) is 7.47. The zero-order chi connectivity index (χ0) is 12.2. The Morgan fingerprint density at radius 3 is 2.65 bits per heavy atom. The van der Waals surface area contributed by atoms with E-state index in [1.165, 1.54) is 12.8 Å². The van der Waals surface area contributed by atoms with Crippen molar-refractivity contribution >= 4 is 18.3 Å². The maximum atomic E-state index is 11.6. The van der Waals surface area contributed by atoms with Gasteiger partial charge in [0.25, 0.3) is 0 Å². The van der Waals surface area contributed by atoms with Gasteiger partial charge in [-0.1, -0.05) is 20.8 Å². The van der Waals surface area contributed by atoms with Gasteiger partial charge in [-0.05, 0) is 43.6 Å². The van der Waals surface area contributed by atoms with Gasteiger partial charge in [0.05, 0.1) is 0 Å². The minimum Gasteiger partial charge on any atom is -0.353 e. The van der Waals surface area contributed by atoms with Crippen LogP contribution in [0.1, 0.15) is 52.9 Å². The fourth-order valence-electron chi connectivity index (χ4n) is 2.70. The molecule has 1 saturated carbocycles. The number of nitrogens with one attached hydrogen (secondary N) is 1. The number of nitrogens with two attached hydrogens (primary N) is 1. The number of rotatable bonds is 4. The van der Waals surface area contributed by atoms with Crippen LogP contribution >= 0.6 is 12.4 Å². The Labute approximate surface area is 111 Å². The van der Waals surface area contributed by atoms with Crippen molar-refractivity contribution in [3.05, 3.63) is 0 Å². The van der Waals surface area contributed by atoms with Crippen molar-refractivity contribution in [2.75, 3.05) is 6.54 Å². The van der Waals surface area contributed by atoms with E-state index >= 15 is 0 Å². The quantitative estimate of drug-likeness (QED) is 0.818. The first kappa shape index (κ1) is 16.7. The van der Waals surface area contributed by atoms with Crippen LogP contribution in [-0.2, 0) is 4.79 Å². The number of hydrogen-bond donors (Lipinski definition) is 2. The Morgan fingerprint density at radius 2 is 2.12 bits per heavy atom. The Balaban J connectivity index is 0.00000256. The van der Waals surface area contributed by atoms with Crippen molar-refractivity contribution in [2.45, 2.75) is 58.9 Å². The first-order valence-electron chi connectivity index (χ1n) is 6.44. The maximum Gasteiger partial charge on any atom is 0.220 e. The molecule has 17 heavy (non-hydrogen) atoms. The fraction of sp³-hybridized carbons (Fsp3) is 0.923. The van der Waals surface area contributed by atoms with Crippen LogP contribution in [0.4, 0.5) is 0 Å². The van der Waals surface area contributed by atoms with Gasteiger partial charge in [0.2, 0.25) is 5.91 Å². The third kappa shape index (κ3) is 5.73. The molecule has 1 rings (SSSR count). The van der Waals surface area contributed by atoms with Crippen LogP contribution in [-0.4, -0.2) is 18.5 Å². The van der Waals surface area contributed by atoms with Crippen LogP contribution in [0.5, 0.6) is 0 Å². The Kier molecular flexibility index (Phi) is 7.10. The van der Waals surface area contributed by atoms with E-state index < -0.39 is 0 Å². The average Bonchev–Trinajstić information content (AvgIpc) is 2.18. The molecule has 0 aromatic carbocycles. The van der Waals surface area contributed by atoms with E-state index in [-0.39, 0.29) is 18.3 Å². The smallest absolute Gasteiger partial charge is 0.220 e. The number of hydrogen-bond acceptors (Lipinski definition) is 2. The minimum absolute atomic E-state index is 0. The molecule has 1 aliphatic rings. The van der Waals surface area contributed by atoms with E-state index in [4.69, 9.17) is 5.73 Å². The van der Waals surface area contributed by atoms with Crippen LogP contribution in [0.2, 0.25) is 0 Å². The summed E-state index contributed by atoms with van der Waals surface area (Å²) in [7, 11) is 0. The van der Waals surface area contributed by atoms with E-state index in [9.17, 15) is 4.79 Å². The molecule has 1 aliphatic carbocycles. The summed E-state index contributed by atoms with van der Waals surface area (Å²) in [5, 5.41) is 3.15. The molecule has 0 bridgehead atoms. The lowest BCUT2D eigenvalue weighted by Gasteiger charge is -2.39. The van der Waals surface area contributed by atoms with Crippen LogP contribution in [0.3, 0.4) is 0 Å². The molecule has 0 aromatic rings. The molecule has 0 radical (unpaired) electrons. The molecule has 2 atom stereocenters. The summed E-state index contributed by atoms with van der Waals surface area (Å²) >= 11 is 0. The molecule has 1 fully saturated rings. The molecular weight excluding hydrogens is 236 g/mol. The van der Waals surface area contributed by atoms with Crippen LogP contribution in [0, 0.1) is 11.3 Å². The number of carbonyl (C=O) groups is 1. The number of halogens is 1. The van der Waals surface area contributed by atoms with Crippen molar-refractivity contribution < 1.29 is 4.79 Å². The Morgan fingerprint density at radius 1 is 1.47 bits per heavy atom. The van der Waals surface area contributed by atoms with E-state index in [2.05, 4.69) is 26.1 Å². The molecule has 0 saturated heterocycles. The molecule has 3 nitrogen and oxygen atoms in total. The summed E-state index contributed by atoms with van der Waals surface area (Å²) in [6.07, 6.45) is 4.89. The lowest BCUT2D eigenvalue weighted by atomic mass is 9.70. The first-order valence-corrected chi connectivity index (χ1v) is 6.44. The minimum atomic E-state index is 0. The summed E-state index contributed by atoms with van der Waals surface area (Å²) in [4.78, 5) is 11.6. The molecule has 0 spiro atoms. The van der Waals surface area contributed by atoms with Crippen LogP contribution < -0.4 is 11.1 Å². The van der Waals surface area contributed by atoms with Gasteiger partial charge >= 0.3 is 0 Å². The fourth-order valence-corrected chi connectivity index (χ4v) is 2.70. The molecule has 4 heteroatoms. The van der Waals surface area contributed by atoms with Crippen LogP contribution in [0.15, 0.2) is 0 Å². The Hall–Kier alpha value is -0.280. The highest BCUT2D eigenvalue weighted by molar-refractivity contribution is 5.85. The summed E-state index contributed by atoms with van der Waals surface area (Å²) in [6, 6.07) is 0.373. The van der Waals surface area contributed by atoms with Gasteiger partial charge in [-0.15, -0.1) is 12.4 Å². The largest absolute Gasteiger partial charge is 0.353 e. The maximum absolute atomic E-state index is 11.6. The van der Waals surface area contributed by atoms with Crippen molar-refractivity contribution in [3.63, 3.8) is 0 Å². The molecule has 3 N–H and O–H groups in total. The SMILES string of the molecule is CC1CC(C)(C)CCC1NC(=O)CCCN.Cl. The monoisotopic (exact) mass is 262 g/mol. The second kappa shape index (κ2) is 7.22. The molecule has 0 aromatic heterocycles. The van der Waals surface area contributed by atoms with Crippen molar-refractivity contribution in [1.29, 1.82) is 0 Å². The summed E-state index contributed by atoms with van der Waals surface area (Å²) in [5.74, 6) is 0.757. The lowest BCUT2D eigenvalue weighted by molar-refractivity contribution is -0.122. The van der Waals surface area contributed by atoms with Gasteiger partial charge in [0.15, 0.2) is 0 Å². The van der Waals surface area contributed by atoms with Crippen LogP contribution in [0.25, 0.3) is 0 Å². The lowest BCUT2D eigenvalue weighted by Crippen LogP contribution is -2.44. The zero-order valence-corrected chi connectivity index (χ0v) is 12.1. The normalized spacial score (nSPS) is 27.1. The predicted octanol–water partition coefficient (Wildman–Crippen LogP) is 2.48. The van der Waals surface area contributed by atoms with E-state index in [0.29, 0.717) is 30.3 Å². The topological polar surface area (TPSA) is 55.1 Å². The van der Waals surface area contributed by atoms with Gasteiger partial charge in [-0.25, -0.2) is 0 Å². The Bertz CT molecular complexity index is 244. The molecule has 1 amide bonds. The van der Waals surface area contributed by atoms with Gasteiger partial charge < -0.3 is 11.1 Å². The average molecular weight is 263 g/mol. The summed E-state index contributed by atoms with van der Waals surface area (Å²) < 4.78 is 0. The number of amides is 1. The number of carbonyl (C=O) groups excluding carboxylic acids is 1. The molecule has 0 heterocycles. The van der Waals surface area contributed by atoms with Crippen molar-refractivity contribution in [1.82, 2.24) is 5.32 Å². The van der Waals surface area contributed by atoms with Gasteiger partial charge in [0, 0.05) is 12.5 Å². The van der Waals surface area contributed by atoms with E-state index in [0.717, 1.165) is 12.8 Å². The van der Waals surface area contributed by atoms with Gasteiger partial charge in [-0.2, -0.15) is 0 Å². The zero-order valence-electron chi connectivity index (χ0n) is 11.3. The molecule has 0 aliphatic heterocycles. The summed E-state index contributed by atoms with van der Waals surface area (Å²) in [5.41, 5.74) is 5.84. The molecule has 2 unspecified atom stereocenters. The first-order chi connectivity index (χ1) is 7.44. The standard InChI is InChI=1S/C13H26N2O.ClH/c1-10-9-13(2,3)7-6-11(10)15-12(16)5-4-8-14;/h10-11H,4-9,14H2,1-3H3,(H,15,16);1H. The highest BCUT2D eigenvalue weighted by Gasteiger charge is 2.32. The third-order valence-electron chi connectivity index (χ3n) is 3.65. The highest BCUT2D eigenvalue weighted by Crippen LogP contribution is 2.38. The highest BCUT2D eigenvalue weighted by atomic mass is 35.5.